The van der Waals surface area contributed by atoms with Crippen molar-refractivity contribution in [2.75, 3.05) is 11.4 Å². The number of anilines is 1. The number of hydrogen-bond acceptors (Lipinski definition) is 3. The van der Waals surface area contributed by atoms with Crippen molar-refractivity contribution in [1.29, 1.82) is 0 Å². The van der Waals surface area contributed by atoms with Gasteiger partial charge in [0.2, 0.25) is 0 Å². The van der Waals surface area contributed by atoms with E-state index in [2.05, 4.69) is 18.7 Å². The summed E-state index contributed by atoms with van der Waals surface area (Å²) >= 11 is 0. The molecule has 114 valence electrons. The largest absolute Gasteiger partial charge is 0.360 e. The molecule has 2 aromatic rings. The van der Waals surface area contributed by atoms with E-state index in [0.717, 1.165) is 36.3 Å². The number of benzene rings is 1. The van der Waals surface area contributed by atoms with E-state index in [1.165, 1.54) is 0 Å². The Kier molecular flexibility index (Phi) is 4.09. The van der Waals surface area contributed by atoms with Gasteiger partial charge in [0.25, 0.3) is 5.91 Å². The Morgan fingerprint density at radius 3 is 2.95 bits per heavy atom. The molecule has 1 aliphatic carbocycles. The van der Waals surface area contributed by atoms with Crippen molar-refractivity contribution < 1.29 is 9.32 Å². The van der Waals surface area contributed by atoms with Crippen molar-refractivity contribution in [2.45, 2.75) is 26.2 Å². The zero-order valence-electron chi connectivity index (χ0n) is 12.8. The van der Waals surface area contributed by atoms with E-state index in [0.29, 0.717) is 18.2 Å². The molecule has 0 saturated heterocycles. The van der Waals surface area contributed by atoms with Crippen LogP contribution >= 0.6 is 0 Å². The summed E-state index contributed by atoms with van der Waals surface area (Å²) in [5, 5.41) is 4.06. The second-order valence-corrected chi connectivity index (χ2v) is 5.82. The fourth-order valence-electron chi connectivity index (χ4n) is 2.92. The Balaban J connectivity index is 1.95. The minimum atomic E-state index is -0.120. The molecular formula is C18H20N2O2. The second kappa shape index (κ2) is 6.18. The van der Waals surface area contributed by atoms with Gasteiger partial charge in [-0.05, 0) is 30.9 Å². The van der Waals surface area contributed by atoms with Crippen LogP contribution in [0.1, 0.15) is 35.2 Å². The smallest absolute Gasteiger partial charge is 0.281 e. The van der Waals surface area contributed by atoms with Crippen molar-refractivity contribution >= 4 is 11.6 Å². The monoisotopic (exact) mass is 296 g/mol. The predicted molar refractivity (Wildman–Crippen MR) is 86.0 cm³/mol. The van der Waals surface area contributed by atoms with Gasteiger partial charge in [0, 0.05) is 24.2 Å². The number of fused-ring (bicyclic) bond motifs is 1. The number of para-hydroxylation sites is 1. The molecule has 0 unspecified atom stereocenters. The maximum atomic E-state index is 12.9. The number of amides is 1. The van der Waals surface area contributed by atoms with Gasteiger partial charge in [-0.15, -0.1) is 6.58 Å². The van der Waals surface area contributed by atoms with Crippen molar-refractivity contribution in [2.24, 2.45) is 5.92 Å². The van der Waals surface area contributed by atoms with E-state index in [9.17, 15) is 4.79 Å². The fraction of sp³-hybridized carbons (Fsp3) is 0.333. The highest BCUT2D eigenvalue weighted by Gasteiger charge is 2.29. The summed E-state index contributed by atoms with van der Waals surface area (Å²) in [6.07, 6.45) is 4.53. The van der Waals surface area contributed by atoms with Crippen molar-refractivity contribution in [3.8, 4) is 0 Å². The lowest BCUT2D eigenvalue weighted by Crippen LogP contribution is -2.32. The van der Waals surface area contributed by atoms with Crippen LogP contribution in [0.5, 0.6) is 0 Å². The minimum absolute atomic E-state index is 0.120. The van der Waals surface area contributed by atoms with Crippen LogP contribution in [0, 0.1) is 5.92 Å². The quantitative estimate of drug-likeness (QED) is 0.809. The van der Waals surface area contributed by atoms with Crippen LogP contribution in [0.25, 0.3) is 0 Å². The second-order valence-electron chi connectivity index (χ2n) is 5.82. The summed E-state index contributed by atoms with van der Waals surface area (Å²) in [5.74, 6) is 1.31. The number of hydrogen-bond donors (Lipinski definition) is 0. The highest BCUT2D eigenvalue weighted by Crippen LogP contribution is 2.29. The van der Waals surface area contributed by atoms with Crippen molar-refractivity contribution in [1.82, 2.24) is 5.16 Å². The third kappa shape index (κ3) is 2.69. The summed E-state index contributed by atoms with van der Waals surface area (Å²) < 4.78 is 5.40. The van der Waals surface area contributed by atoms with E-state index in [-0.39, 0.29) is 5.91 Å². The molecule has 3 rings (SSSR count). The van der Waals surface area contributed by atoms with Crippen LogP contribution in [0.15, 0.2) is 47.5 Å². The lowest BCUT2D eigenvalue weighted by Gasteiger charge is -2.22. The molecule has 4 nitrogen and oxygen atoms in total. The van der Waals surface area contributed by atoms with Gasteiger partial charge in [-0.25, -0.2) is 0 Å². The number of aromatic nitrogens is 1. The molecule has 1 amide bonds. The van der Waals surface area contributed by atoms with Gasteiger partial charge in [0.05, 0.1) is 0 Å². The van der Waals surface area contributed by atoms with E-state index >= 15 is 0 Å². The molecule has 0 bridgehead atoms. The van der Waals surface area contributed by atoms with Gasteiger partial charge in [-0.2, -0.15) is 0 Å². The van der Waals surface area contributed by atoms with Crippen molar-refractivity contribution in [3.63, 3.8) is 0 Å². The molecule has 1 aromatic carbocycles. The van der Waals surface area contributed by atoms with E-state index in [1.54, 1.807) is 11.0 Å². The molecule has 0 radical (unpaired) electrons. The maximum Gasteiger partial charge on any atom is 0.281 e. The van der Waals surface area contributed by atoms with Gasteiger partial charge in [-0.3, -0.25) is 4.79 Å². The number of carbonyl (C=O) groups is 1. The minimum Gasteiger partial charge on any atom is -0.360 e. The SMILES string of the molecule is C=CCN(C(=O)c1noc2c1C[C@H](C)CC2)c1ccccc1. The van der Waals surface area contributed by atoms with Crippen LogP contribution in [-0.2, 0) is 12.8 Å². The molecule has 0 spiro atoms. The topological polar surface area (TPSA) is 46.3 Å². The molecule has 0 N–H and O–H groups in total. The van der Waals surface area contributed by atoms with Gasteiger partial charge in [0.1, 0.15) is 5.76 Å². The van der Waals surface area contributed by atoms with E-state index in [1.807, 2.05) is 30.3 Å². The molecule has 0 saturated carbocycles. The molecule has 1 atom stereocenters. The zero-order valence-corrected chi connectivity index (χ0v) is 12.8. The molecule has 1 aliphatic rings. The first-order valence-corrected chi connectivity index (χ1v) is 7.66. The third-order valence-corrected chi connectivity index (χ3v) is 4.11. The van der Waals surface area contributed by atoms with Crippen LogP contribution in [0.3, 0.4) is 0 Å². The number of nitrogens with zero attached hydrogens (tertiary/aromatic N) is 2. The Morgan fingerprint density at radius 1 is 1.45 bits per heavy atom. The molecule has 22 heavy (non-hydrogen) atoms. The highest BCUT2D eigenvalue weighted by atomic mass is 16.5. The first-order chi connectivity index (χ1) is 10.7. The fourth-order valence-corrected chi connectivity index (χ4v) is 2.92. The van der Waals surface area contributed by atoms with Crippen LogP contribution in [-0.4, -0.2) is 17.6 Å². The third-order valence-electron chi connectivity index (χ3n) is 4.11. The van der Waals surface area contributed by atoms with Crippen LogP contribution in [0.4, 0.5) is 5.69 Å². The maximum absolute atomic E-state index is 12.9. The summed E-state index contributed by atoms with van der Waals surface area (Å²) in [7, 11) is 0. The van der Waals surface area contributed by atoms with Gasteiger partial charge >= 0.3 is 0 Å². The zero-order chi connectivity index (χ0) is 15.5. The molecule has 1 heterocycles. The number of aryl methyl sites for hydroxylation is 1. The Labute approximate surface area is 130 Å². The first kappa shape index (κ1) is 14.6. The lowest BCUT2D eigenvalue weighted by molar-refractivity contribution is 0.0980. The normalized spacial score (nSPS) is 16.9. The first-order valence-electron chi connectivity index (χ1n) is 7.66. The highest BCUT2D eigenvalue weighted by molar-refractivity contribution is 6.06. The number of carbonyl (C=O) groups excluding carboxylic acids is 1. The molecule has 4 heteroatoms. The average molecular weight is 296 g/mol. The number of rotatable bonds is 4. The standard InChI is InChI=1S/C18H20N2O2/c1-3-11-20(14-7-5-4-6-8-14)18(21)17-15-12-13(2)9-10-16(15)22-19-17/h3-8,13H,1,9-12H2,2H3/t13-/m1/s1. The van der Waals surface area contributed by atoms with Gasteiger partial charge in [-0.1, -0.05) is 36.4 Å². The Morgan fingerprint density at radius 2 is 2.23 bits per heavy atom. The summed E-state index contributed by atoms with van der Waals surface area (Å²) in [6, 6.07) is 9.59. The molecule has 0 aliphatic heterocycles. The van der Waals surface area contributed by atoms with Crippen molar-refractivity contribution in [3.05, 3.63) is 60.0 Å². The van der Waals surface area contributed by atoms with E-state index in [4.69, 9.17) is 4.52 Å². The lowest BCUT2D eigenvalue weighted by atomic mass is 9.88. The van der Waals surface area contributed by atoms with Crippen LogP contribution in [0.2, 0.25) is 0 Å². The summed E-state index contributed by atoms with van der Waals surface area (Å²) in [4.78, 5) is 14.6. The summed E-state index contributed by atoms with van der Waals surface area (Å²) in [5.41, 5.74) is 2.27. The van der Waals surface area contributed by atoms with E-state index < -0.39 is 0 Å². The Bertz CT molecular complexity index is 676. The van der Waals surface area contributed by atoms with Crippen LogP contribution < -0.4 is 4.90 Å². The van der Waals surface area contributed by atoms with Gasteiger partial charge < -0.3 is 9.42 Å². The van der Waals surface area contributed by atoms with Gasteiger partial charge in [0.15, 0.2) is 5.69 Å². The Hall–Kier alpha value is -2.36. The average Bonchev–Trinajstić information content (AvgIpc) is 2.96. The molecule has 1 aromatic heterocycles. The molecule has 0 fully saturated rings. The molecular weight excluding hydrogens is 276 g/mol. The predicted octanol–water partition coefficient (Wildman–Crippen LogP) is 3.63. The summed E-state index contributed by atoms with van der Waals surface area (Å²) in [6.45, 7) is 6.39.